The number of aromatic hydroxyl groups is 1. The standard InChI is InChI=1S/C20H24N6O4/c1-21-5-7-23-10-12-14(28)9-15(29)19-17(12)26-18-13(27)4-3-11(16(18)25-19)20(30)24-8-6-22-2/h3-4,9-10,21-23,25,28H,5-8H2,1-2H3,(H,24,30). The molecule has 6 N–H and O–H groups in total. The third kappa shape index (κ3) is 4.24. The molecule has 1 amide bonds. The quantitative estimate of drug-likeness (QED) is 0.191. The van der Waals surface area contributed by atoms with Crippen molar-refractivity contribution in [3.05, 3.63) is 49.4 Å². The number of rotatable bonds is 8. The molecule has 0 aliphatic heterocycles. The van der Waals surface area contributed by atoms with Gasteiger partial charge in [-0.25, -0.2) is 4.98 Å². The van der Waals surface area contributed by atoms with Crippen LogP contribution in [0.3, 0.4) is 0 Å². The van der Waals surface area contributed by atoms with Crippen molar-refractivity contribution in [1.82, 2.24) is 31.2 Å². The van der Waals surface area contributed by atoms with Gasteiger partial charge in [-0.3, -0.25) is 14.4 Å². The number of carbonyl (C=O) groups is 1. The van der Waals surface area contributed by atoms with Gasteiger partial charge in [0.15, 0.2) is 0 Å². The summed E-state index contributed by atoms with van der Waals surface area (Å²) in [5.74, 6) is -0.641. The van der Waals surface area contributed by atoms with E-state index in [1.165, 1.54) is 12.1 Å². The second kappa shape index (κ2) is 9.33. The van der Waals surface area contributed by atoms with E-state index in [1.807, 2.05) is 7.05 Å². The largest absolute Gasteiger partial charge is 0.507 e. The fourth-order valence-corrected chi connectivity index (χ4v) is 3.03. The lowest BCUT2D eigenvalue weighted by atomic mass is 10.1. The zero-order chi connectivity index (χ0) is 21.7. The van der Waals surface area contributed by atoms with Gasteiger partial charge in [-0.15, -0.1) is 0 Å². The molecule has 0 radical (unpaired) electrons. The maximum atomic E-state index is 12.6. The number of aromatic amines is 1. The Hall–Kier alpha value is -3.50. The van der Waals surface area contributed by atoms with Gasteiger partial charge in [-0.2, -0.15) is 0 Å². The van der Waals surface area contributed by atoms with Crippen LogP contribution in [0.15, 0.2) is 27.8 Å². The first-order valence-electron chi connectivity index (χ1n) is 9.51. The van der Waals surface area contributed by atoms with E-state index in [0.29, 0.717) is 26.2 Å². The Morgan fingerprint density at radius 3 is 2.50 bits per heavy atom. The Kier molecular flexibility index (Phi) is 6.60. The molecule has 1 aromatic heterocycles. The summed E-state index contributed by atoms with van der Waals surface area (Å²) in [5.41, 5.74) is -0.263. The first-order chi connectivity index (χ1) is 14.5. The number of nitrogens with zero attached hydrogens (tertiary/aromatic N) is 1. The van der Waals surface area contributed by atoms with Crippen molar-refractivity contribution in [3.8, 4) is 5.75 Å². The Morgan fingerprint density at radius 2 is 1.77 bits per heavy atom. The van der Waals surface area contributed by atoms with Crippen molar-refractivity contribution < 1.29 is 9.90 Å². The van der Waals surface area contributed by atoms with Gasteiger partial charge in [-0.1, -0.05) is 0 Å². The number of nitrogens with one attached hydrogen (secondary N) is 5. The van der Waals surface area contributed by atoms with Crippen LogP contribution in [0.25, 0.3) is 28.3 Å². The molecule has 1 heterocycles. The summed E-state index contributed by atoms with van der Waals surface area (Å²) >= 11 is 0. The third-order valence-electron chi connectivity index (χ3n) is 4.57. The van der Waals surface area contributed by atoms with E-state index >= 15 is 0 Å². The van der Waals surface area contributed by atoms with E-state index in [9.17, 15) is 19.5 Å². The van der Waals surface area contributed by atoms with Gasteiger partial charge in [0.2, 0.25) is 10.9 Å². The highest BCUT2D eigenvalue weighted by molar-refractivity contribution is 6.06. The molecule has 0 spiro atoms. The maximum absolute atomic E-state index is 12.6. The Balaban J connectivity index is 2.22. The first kappa shape index (κ1) is 21.2. The predicted molar refractivity (Wildman–Crippen MR) is 116 cm³/mol. The van der Waals surface area contributed by atoms with E-state index in [2.05, 4.69) is 31.2 Å². The predicted octanol–water partition coefficient (Wildman–Crippen LogP) is -1.64. The number of phenolic OH excluding ortho intramolecular Hbond substituents is 1. The minimum absolute atomic E-state index is 0.0126. The molecule has 3 aromatic rings. The summed E-state index contributed by atoms with van der Waals surface area (Å²) in [6.45, 7) is 2.25. The summed E-state index contributed by atoms with van der Waals surface area (Å²) < 4.78 is 0. The highest BCUT2D eigenvalue weighted by Crippen LogP contribution is 2.15. The topological polar surface area (TPSA) is 148 Å². The van der Waals surface area contributed by atoms with E-state index in [0.717, 1.165) is 6.07 Å². The number of likely N-dealkylation sites (N-methyl/N-ethyl adjacent to an activating group) is 2. The van der Waals surface area contributed by atoms with Crippen molar-refractivity contribution in [2.75, 3.05) is 40.3 Å². The fraction of sp³-hybridized carbons (Fsp3) is 0.300. The van der Waals surface area contributed by atoms with Gasteiger partial charge in [0.05, 0.1) is 16.3 Å². The molecule has 158 valence electrons. The van der Waals surface area contributed by atoms with Crippen molar-refractivity contribution in [3.63, 3.8) is 0 Å². The number of aromatic nitrogens is 2. The van der Waals surface area contributed by atoms with Crippen LogP contribution in [0.4, 0.5) is 0 Å². The SMILES string of the molecule is CNCCNC=c1c(O)cc(=O)c2[nH]c3c(C(=O)NCCNC)ccc(=O)c3nc12. The molecule has 0 unspecified atom stereocenters. The number of hydrogen-bond acceptors (Lipinski definition) is 8. The normalized spacial score (nSPS) is 11.9. The van der Waals surface area contributed by atoms with Crippen LogP contribution in [0, 0.1) is 0 Å². The lowest BCUT2D eigenvalue weighted by molar-refractivity contribution is 0.0955. The molecule has 0 aliphatic rings. The minimum atomic E-state index is -0.498. The average molecular weight is 412 g/mol. The van der Waals surface area contributed by atoms with Crippen LogP contribution in [0.1, 0.15) is 10.4 Å². The Morgan fingerprint density at radius 1 is 1.03 bits per heavy atom. The third-order valence-corrected chi connectivity index (χ3v) is 4.57. The number of carbonyl (C=O) groups excluding carboxylic acids is 1. The number of benzene rings is 2. The smallest absolute Gasteiger partial charge is 0.253 e. The molecule has 0 saturated heterocycles. The number of hydrogen-bond donors (Lipinski definition) is 6. The molecule has 10 nitrogen and oxygen atoms in total. The molecule has 10 heteroatoms. The second-order valence-corrected chi connectivity index (χ2v) is 6.66. The van der Waals surface area contributed by atoms with Gasteiger partial charge < -0.3 is 31.4 Å². The second-order valence-electron chi connectivity index (χ2n) is 6.66. The molecule has 0 atom stereocenters. The van der Waals surface area contributed by atoms with Gasteiger partial charge in [0.25, 0.3) is 5.91 Å². The molecule has 3 rings (SSSR count). The van der Waals surface area contributed by atoms with Crippen LogP contribution in [0.2, 0.25) is 0 Å². The lowest BCUT2D eigenvalue weighted by Gasteiger charge is -2.09. The molecular weight excluding hydrogens is 388 g/mol. The Labute approximate surface area is 171 Å². The van der Waals surface area contributed by atoms with Crippen LogP contribution in [0.5, 0.6) is 5.75 Å². The summed E-state index contributed by atoms with van der Waals surface area (Å²) in [6, 6.07) is 3.74. The van der Waals surface area contributed by atoms with Crippen molar-refractivity contribution in [1.29, 1.82) is 0 Å². The van der Waals surface area contributed by atoms with Crippen molar-refractivity contribution in [2.45, 2.75) is 0 Å². The molecular formula is C20H24N6O4. The molecule has 2 aromatic carbocycles. The van der Waals surface area contributed by atoms with Crippen LogP contribution in [-0.2, 0) is 0 Å². The number of fused-ring (bicyclic) bond motifs is 2. The maximum Gasteiger partial charge on any atom is 0.253 e. The van der Waals surface area contributed by atoms with Crippen molar-refractivity contribution >= 4 is 34.2 Å². The fourth-order valence-electron chi connectivity index (χ4n) is 3.03. The van der Waals surface area contributed by atoms with Gasteiger partial charge in [0.1, 0.15) is 22.3 Å². The highest BCUT2D eigenvalue weighted by atomic mass is 16.3. The summed E-state index contributed by atoms with van der Waals surface area (Å²) in [4.78, 5) is 44.7. The molecule has 0 aliphatic carbocycles. The average Bonchev–Trinajstić information content (AvgIpc) is 2.73. The van der Waals surface area contributed by atoms with Gasteiger partial charge in [0, 0.05) is 38.4 Å². The summed E-state index contributed by atoms with van der Waals surface area (Å²) in [7, 11) is 3.58. The lowest BCUT2D eigenvalue weighted by Crippen LogP contribution is -2.31. The minimum Gasteiger partial charge on any atom is -0.507 e. The number of H-pyrrole nitrogens is 1. The molecule has 30 heavy (non-hydrogen) atoms. The highest BCUT2D eigenvalue weighted by Gasteiger charge is 2.16. The molecule has 0 saturated carbocycles. The Bertz CT molecular complexity index is 1250. The zero-order valence-corrected chi connectivity index (χ0v) is 16.8. The van der Waals surface area contributed by atoms with E-state index in [-0.39, 0.29) is 44.5 Å². The molecule has 0 fully saturated rings. The van der Waals surface area contributed by atoms with Crippen molar-refractivity contribution in [2.24, 2.45) is 0 Å². The summed E-state index contributed by atoms with van der Waals surface area (Å²) in [6.07, 6.45) is 1.54. The zero-order valence-electron chi connectivity index (χ0n) is 16.8. The van der Waals surface area contributed by atoms with Crippen LogP contribution >= 0.6 is 0 Å². The number of amides is 1. The number of phenols is 1. The first-order valence-corrected chi connectivity index (χ1v) is 9.51. The van der Waals surface area contributed by atoms with E-state index in [4.69, 9.17) is 0 Å². The van der Waals surface area contributed by atoms with Crippen LogP contribution < -0.4 is 37.3 Å². The monoisotopic (exact) mass is 412 g/mol. The molecule has 0 bridgehead atoms. The van der Waals surface area contributed by atoms with E-state index < -0.39 is 10.9 Å². The van der Waals surface area contributed by atoms with Gasteiger partial charge in [-0.05, 0) is 26.2 Å². The van der Waals surface area contributed by atoms with E-state index in [1.54, 1.807) is 13.2 Å². The van der Waals surface area contributed by atoms with Crippen LogP contribution in [-0.4, -0.2) is 61.3 Å². The van der Waals surface area contributed by atoms with Gasteiger partial charge >= 0.3 is 0 Å². The summed E-state index contributed by atoms with van der Waals surface area (Å²) in [5, 5.41) is 22.2.